The van der Waals surface area contributed by atoms with Crippen LogP contribution in [-0.2, 0) is 11.0 Å². The van der Waals surface area contributed by atoms with Crippen LogP contribution in [0.25, 0.3) is 11.0 Å². The summed E-state index contributed by atoms with van der Waals surface area (Å²) in [6, 6.07) is 14.6. The van der Waals surface area contributed by atoms with Gasteiger partial charge in [-0.1, -0.05) is 29.8 Å². The summed E-state index contributed by atoms with van der Waals surface area (Å²) in [5.74, 6) is 0. The first-order valence-corrected chi connectivity index (χ1v) is 6.85. The quantitative estimate of drug-likeness (QED) is 0.674. The Morgan fingerprint density at radius 1 is 1.06 bits per heavy atom. The molecule has 1 atom stereocenters. The van der Waals surface area contributed by atoms with Crippen molar-refractivity contribution >= 4 is 33.6 Å². The number of nitrogens with zero attached hydrogens (tertiary/aromatic N) is 2. The average Bonchev–Trinajstić information content (AvgIpc) is 2.81. The van der Waals surface area contributed by atoms with Crippen LogP contribution in [0, 0.1) is 0 Å². The van der Waals surface area contributed by atoms with Gasteiger partial charge < -0.3 is 0 Å². The number of pyridine rings is 1. The van der Waals surface area contributed by atoms with Gasteiger partial charge in [-0.05, 0) is 30.3 Å². The van der Waals surface area contributed by atoms with Gasteiger partial charge in [0.25, 0.3) is 0 Å². The van der Waals surface area contributed by atoms with Crippen molar-refractivity contribution in [3.8, 4) is 0 Å². The summed E-state index contributed by atoms with van der Waals surface area (Å²) in [6.45, 7) is 0. The van der Waals surface area contributed by atoms with Gasteiger partial charge >= 0.3 is 0 Å². The zero-order valence-corrected chi connectivity index (χ0v) is 10.9. The molecule has 0 N–H and O–H groups in total. The van der Waals surface area contributed by atoms with E-state index in [9.17, 15) is 4.21 Å². The van der Waals surface area contributed by atoms with Crippen LogP contribution in [-0.4, -0.2) is 13.2 Å². The van der Waals surface area contributed by atoms with Gasteiger partial charge in [-0.25, -0.2) is 9.19 Å². The third-order valence-electron chi connectivity index (χ3n) is 2.60. The van der Waals surface area contributed by atoms with Crippen molar-refractivity contribution in [1.29, 1.82) is 0 Å². The topological polar surface area (TPSA) is 34.9 Å². The summed E-state index contributed by atoms with van der Waals surface area (Å²) in [5.41, 5.74) is 1.55. The molecule has 18 heavy (non-hydrogen) atoms. The zero-order valence-electron chi connectivity index (χ0n) is 9.29. The third-order valence-corrected chi connectivity index (χ3v) is 4.16. The summed E-state index contributed by atoms with van der Waals surface area (Å²) < 4.78 is 14.1. The zero-order chi connectivity index (χ0) is 12.5. The molecule has 0 aliphatic carbocycles. The van der Waals surface area contributed by atoms with Crippen LogP contribution in [0.1, 0.15) is 0 Å². The van der Waals surface area contributed by atoms with Crippen LogP contribution in [0.15, 0.2) is 59.6 Å². The number of rotatable bonds is 2. The molecule has 3 rings (SSSR count). The van der Waals surface area contributed by atoms with Crippen molar-refractivity contribution in [2.75, 3.05) is 0 Å². The van der Waals surface area contributed by atoms with Crippen molar-refractivity contribution in [1.82, 2.24) is 8.96 Å². The van der Waals surface area contributed by atoms with Crippen LogP contribution >= 0.6 is 11.6 Å². The van der Waals surface area contributed by atoms with Crippen LogP contribution in [0.4, 0.5) is 0 Å². The predicted molar refractivity (Wildman–Crippen MR) is 73.0 cm³/mol. The maximum absolute atomic E-state index is 12.4. The van der Waals surface area contributed by atoms with E-state index in [2.05, 4.69) is 4.98 Å². The Morgan fingerprint density at radius 2 is 1.83 bits per heavy atom. The molecule has 1 unspecified atom stereocenters. The van der Waals surface area contributed by atoms with Gasteiger partial charge in [-0.3, -0.25) is 3.97 Å². The number of benzene rings is 1. The fourth-order valence-electron chi connectivity index (χ4n) is 1.77. The molecule has 0 fully saturated rings. The number of aromatic nitrogens is 2. The molecule has 0 radical (unpaired) electrons. The first kappa shape index (κ1) is 11.4. The van der Waals surface area contributed by atoms with Crippen molar-refractivity contribution in [3.63, 3.8) is 0 Å². The Bertz CT molecular complexity index is 724. The lowest BCUT2D eigenvalue weighted by Gasteiger charge is -2.04. The first-order valence-electron chi connectivity index (χ1n) is 5.36. The maximum Gasteiger partial charge on any atom is 0.157 e. The lowest BCUT2D eigenvalue weighted by Crippen LogP contribution is -2.03. The number of fused-ring (bicyclic) bond motifs is 1. The minimum atomic E-state index is -1.26. The third kappa shape index (κ3) is 1.94. The summed E-state index contributed by atoms with van der Waals surface area (Å²) in [5, 5.41) is 0.436. The van der Waals surface area contributed by atoms with Gasteiger partial charge in [0.1, 0.15) is 5.15 Å². The lowest BCUT2D eigenvalue weighted by atomic mass is 10.4. The van der Waals surface area contributed by atoms with E-state index >= 15 is 0 Å². The smallest absolute Gasteiger partial charge is 0.157 e. The van der Waals surface area contributed by atoms with Crippen molar-refractivity contribution in [2.24, 2.45) is 0 Å². The summed E-state index contributed by atoms with van der Waals surface area (Å²) >= 11 is 5.83. The van der Waals surface area contributed by atoms with Gasteiger partial charge in [0.15, 0.2) is 11.0 Å². The molecule has 90 valence electrons. The van der Waals surface area contributed by atoms with Gasteiger partial charge in [0.2, 0.25) is 0 Å². The molecule has 0 aliphatic heterocycles. The van der Waals surface area contributed by atoms with Crippen LogP contribution < -0.4 is 0 Å². The Kier molecular flexibility index (Phi) is 2.89. The van der Waals surface area contributed by atoms with Crippen molar-refractivity contribution in [2.45, 2.75) is 4.90 Å². The average molecular weight is 277 g/mol. The number of hydrogen-bond donors (Lipinski definition) is 0. The molecule has 1 aromatic carbocycles. The van der Waals surface area contributed by atoms with Crippen LogP contribution in [0.5, 0.6) is 0 Å². The van der Waals surface area contributed by atoms with Crippen molar-refractivity contribution in [3.05, 3.63) is 59.9 Å². The lowest BCUT2D eigenvalue weighted by molar-refractivity contribution is 0.678. The van der Waals surface area contributed by atoms with E-state index in [0.29, 0.717) is 5.15 Å². The second-order valence-electron chi connectivity index (χ2n) is 3.74. The van der Waals surface area contributed by atoms with E-state index in [1.54, 1.807) is 16.2 Å². The Hall–Kier alpha value is -1.65. The normalized spacial score (nSPS) is 12.7. The number of halogens is 1. The Balaban J connectivity index is 2.13. The molecule has 2 heterocycles. The molecule has 2 aromatic heterocycles. The highest BCUT2D eigenvalue weighted by Gasteiger charge is 2.10. The molecule has 5 heteroatoms. The fourth-order valence-corrected chi connectivity index (χ4v) is 3.04. The monoisotopic (exact) mass is 276 g/mol. The largest absolute Gasteiger partial charge is 0.261 e. The molecule has 3 aromatic rings. The minimum Gasteiger partial charge on any atom is -0.261 e. The molecular weight excluding hydrogens is 268 g/mol. The molecule has 0 spiro atoms. The summed E-state index contributed by atoms with van der Waals surface area (Å²) in [6.07, 6.45) is 1.76. The molecule has 3 nitrogen and oxygen atoms in total. The second kappa shape index (κ2) is 4.55. The summed E-state index contributed by atoms with van der Waals surface area (Å²) in [4.78, 5) is 4.94. The molecular formula is C13H9ClN2OS. The molecule has 0 saturated carbocycles. The SMILES string of the molecule is O=S(c1ccccc1)n1ccc2nc(Cl)ccc21. The highest BCUT2D eigenvalue weighted by Crippen LogP contribution is 2.20. The molecule has 0 saturated heterocycles. The maximum atomic E-state index is 12.4. The van der Waals surface area contributed by atoms with E-state index in [0.717, 1.165) is 15.9 Å². The standard InChI is InChI=1S/C13H9ClN2OS/c14-13-7-6-12-11(15-13)8-9-16(12)18(17)10-4-2-1-3-5-10/h1-9H. The first-order chi connectivity index (χ1) is 8.75. The van der Waals surface area contributed by atoms with Crippen LogP contribution in [0.2, 0.25) is 5.15 Å². The highest BCUT2D eigenvalue weighted by molar-refractivity contribution is 7.83. The van der Waals surface area contributed by atoms with Gasteiger partial charge in [-0.2, -0.15) is 0 Å². The Labute approximate surface area is 112 Å². The second-order valence-corrected chi connectivity index (χ2v) is 5.49. The van der Waals surface area contributed by atoms with Crippen LogP contribution in [0.3, 0.4) is 0 Å². The molecule has 0 bridgehead atoms. The minimum absolute atomic E-state index is 0.436. The highest BCUT2D eigenvalue weighted by atomic mass is 35.5. The van der Waals surface area contributed by atoms with E-state index in [4.69, 9.17) is 11.6 Å². The molecule has 0 amide bonds. The van der Waals surface area contributed by atoms with Gasteiger partial charge in [-0.15, -0.1) is 0 Å². The summed E-state index contributed by atoms with van der Waals surface area (Å²) in [7, 11) is -1.26. The van der Waals surface area contributed by atoms with E-state index in [1.807, 2.05) is 42.5 Å². The predicted octanol–water partition coefficient (Wildman–Crippen LogP) is 3.26. The van der Waals surface area contributed by atoms with Crippen molar-refractivity contribution < 1.29 is 4.21 Å². The van der Waals surface area contributed by atoms with Gasteiger partial charge in [0.05, 0.1) is 15.9 Å². The van der Waals surface area contributed by atoms with Gasteiger partial charge in [0, 0.05) is 6.20 Å². The van der Waals surface area contributed by atoms with E-state index < -0.39 is 11.0 Å². The fraction of sp³-hybridized carbons (Fsp3) is 0. The van der Waals surface area contributed by atoms with E-state index in [-0.39, 0.29) is 0 Å². The van der Waals surface area contributed by atoms with E-state index in [1.165, 1.54) is 0 Å². The number of hydrogen-bond acceptors (Lipinski definition) is 2. The molecule has 0 aliphatic rings. The Morgan fingerprint density at radius 3 is 2.61 bits per heavy atom.